The van der Waals surface area contributed by atoms with Gasteiger partial charge in [0.2, 0.25) is 0 Å². The van der Waals surface area contributed by atoms with Gasteiger partial charge in [-0.1, -0.05) is 73.5 Å². The van der Waals surface area contributed by atoms with E-state index in [1.54, 1.807) is 6.20 Å². The summed E-state index contributed by atoms with van der Waals surface area (Å²) < 4.78 is 0. The van der Waals surface area contributed by atoms with Crippen LogP contribution in [0.4, 0.5) is 0 Å². The quantitative estimate of drug-likeness (QED) is 0.193. The van der Waals surface area contributed by atoms with Crippen LogP contribution in [-0.4, -0.2) is 9.97 Å². The molecular formula is C31H24IrN2-2. The van der Waals surface area contributed by atoms with Gasteiger partial charge in [0.25, 0.3) is 0 Å². The molecule has 0 spiro atoms. The van der Waals surface area contributed by atoms with Crippen molar-refractivity contribution in [3.63, 3.8) is 0 Å². The minimum atomic E-state index is 0. The molecule has 2 aromatic heterocycles. The fraction of sp³-hybridized carbons (Fsp3) is 0.0968. The smallest absolute Gasteiger partial charge is 0.0160 e. The summed E-state index contributed by atoms with van der Waals surface area (Å²) >= 11 is 0. The zero-order chi connectivity index (χ0) is 22.7. The first-order valence-corrected chi connectivity index (χ1v) is 11.1. The fourth-order valence-electron chi connectivity index (χ4n) is 4.38. The van der Waals surface area contributed by atoms with Gasteiger partial charge in [-0.05, 0) is 34.5 Å². The van der Waals surface area contributed by atoms with E-state index in [0.29, 0.717) is 0 Å². The second-order valence-electron chi connectivity index (χ2n) is 8.55. The third-order valence-electron chi connectivity index (χ3n) is 6.11. The maximum atomic E-state index is 4.44. The zero-order valence-corrected chi connectivity index (χ0v) is 21.5. The van der Waals surface area contributed by atoms with E-state index >= 15 is 0 Å². The molecule has 1 aliphatic rings. The van der Waals surface area contributed by atoms with Crippen molar-refractivity contribution >= 4 is 0 Å². The molecule has 0 amide bonds. The van der Waals surface area contributed by atoms with Crippen molar-refractivity contribution in [2.24, 2.45) is 0 Å². The Morgan fingerprint density at radius 1 is 0.618 bits per heavy atom. The Hall–Kier alpha value is -3.39. The largest absolute Gasteiger partial charge is 0.305 e. The fourth-order valence-corrected chi connectivity index (χ4v) is 4.38. The summed E-state index contributed by atoms with van der Waals surface area (Å²) in [6, 6.07) is 39.2. The predicted octanol–water partition coefficient (Wildman–Crippen LogP) is 7.40. The molecule has 0 atom stereocenters. The Kier molecular flexibility index (Phi) is 7.17. The average molecular weight is 617 g/mol. The van der Waals surface area contributed by atoms with Crippen LogP contribution >= 0.6 is 0 Å². The Bertz CT molecular complexity index is 1330. The van der Waals surface area contributed by atoms with Gasteiger partial charge in [-0.2, -0.15) is 0 Å². The van der Waals surface area contributed by atoms with Crippen molar-refractivity contribution in [1.82, 2.24) is 9.97 Å². The van der Waals surface area contributed by atoms with Crippen molar-refractivity contribution in [2.45, 2.75) is 19.3 Å². The molecule has 169 valence electrons. The first-order chi connectivity index (χ1) is 16.1. The molecule has 3 heteroatoms. The number of fused-ring (bicyclic) bond motifs is 3. The minimum absolute atomic E-state index is 0. The topological polar surface area (TPSA) is 25.8 Å². The van der Waals surface area contributed by atoms with Crippen LogP contribution < -0.4 is 0 Å². The Morgan fingerprint density at radius 3 is 1.91 bits per heavy atom. The SMILES string of the molecule is CC1(C)c2ccccc2-c2c[c-]c(-c3ccccn3)cc21.[Ir].[c-]1ccccc1-c1ccccn1. The first kappa shape index (κ1) is 23.8. The van der Waals surface area contributed by atoms with E-state index in [1.807, 2.05) is 66.9 Å². The summed E-state index contributed by atoms with van der Waals surface area (Å²) in [4.78, 5) is 8.66. The van der Waals surface area contributed by atoms with E-state index in [0.717, 1.165) is 22.5 Å². The molecule has 3 aromatic carbocycles. The van der Waals surface area contributed by atoms with Crippen molar-refractivity contribution in [1.29, 1.82) is 0 Å². The average Bonchev–Trinajstić information content (AvgIpc) is 3.12. The van der Waals surface area contributed by atoms with E-state index in [1.165, 1.54) is 22.3 Å². The second kappa shape index (κ2) is 10.3. The van der Waals surface area contributed by atoms with Crippen LogP contribution in [0.25, 0.3) is 33.6 Å². The molecule has 0 bridgehead atoms. The third kappa shape index (κ3) is 4.63. The molecule has 0 saturated heterocycles. The molecule has 34 heavy (non-hydrogen) atoms. The molecule has 1 radical (unpaired) electrons. The summed E-state index contributed by atoms with van der Waals surface area (Å²) in [7, 11) is 0. The maximum absolute atomic E-state index is 4.44. The van der Waals surface area contributed by atoms with Gasteiger partial charge in [0.1, 0.15) is 0 Å². The summed E-state index contributed by atoms with van der Waals surface area (Å²) in [6.07, 6.45) is 3.62. The molecule has 0 saturated carbocycles. The van der Waals surface area contributed by atoms with Gasteiger partial charge in [0.05, 0.1) is 0 Å². The van der Waals surface area contributed by atoms with Crippen LogP contribution in [0.15, 0.2) is 109 Å². The number of pyridine rings is 2. The molecule has 2 heterocycles. The predicted molar refractivity (Wildman–Crippen MR) is 135 cm³/mol. The third-order valence-corrected chi connectivity index (χ3v) is 6.11. The number of hydrogen-bond donors (Lipinski definition) is 0. The molecule has 0 unspecified atom stereocenters. The minimum Gasteiger partial charge on any atom is -0.305 e. The van der Waals surface area contributed by atoms with Gasteiger partial charge in [-0.3, -0.25) is 0 Å². The van der Waals surface area contributed by atoms with Crippen molar-refractivity contribution in [2.75, 3.05) is 0 Å². The van der Waals surface area contributed by atoms with Gasteiger partial charge >= 0.3 is 0 Å². The molecule has 6 rings (SSSR count). The number of aromatic nitrogens is 2. The Balaban J connectivity index is 0.000000180. The van der Waals surface area contributed by atoms with Crippen LogP contribution in [-0.2, 0) is 25.5 Å². The van der Waals surface area contributed by atoms with Crippen LogP contribution in [0.3, 0.4) is 0 Å². The molecule has 0 aliphatic heterocycles. The maximum Gasteiger partial charge on any atom is 0.0160 e. The van der Waals surface area contributed by atoms with Gasteiger partial charge in [0, 0.05) is 32.5 Å². The second-order valence-corrected chi connectivity index (χ2v) is 8.55. The Labute approximate surface area is 215 Å². The first-order valence-electron chi connectivity index (χ1n) is 11.1. The number of rotatable bonds is 2. The monoisotopic (exact) mass is 617 g/mol. The van der Waals surface area contributed by atoms with Crippen LogP contribution in [0.2, 0.25) is 0 Å². The summed E-state index contributed by atoms with van der Waals surface area (Å²) in [6.45, 7) is 4.58. The van der Waals surface area contributed by atoms with Gasteiger partial charge in [-0.15, -0.1) is 65.2 Å². The normalized spacial score (nSPS) is 12.4. The van der Waals surface area contributed by atoms with Gasteiger partial charge in [0.15, 0.2) is 0 Å². The number of hydrogen-bond acceptors (Lipinski definition) is 2. The van der Waals surface area contributed by atoms with E-state index in [4.69, 9.17) is 0 Å². The van der Waals surface area contributed by atoms with Crippen LogP contribution in [0, 0.1) is 12.1 Å². The summed E-state index contributed by atoms with van der Waals surface area (Å²) in [5, 5.41) is 0. The van der Waals surface area contributed by atoms with E-state index < -0.39 is 0 Å². The van der Waals surface area contributed by atoms with Crippen molar-refractivity contribution in [3.8, 4) is 33.6 Å². The molecule has 5 aromatic rings. The molecule has 0 N–H and O–H groups in total. The van der Waals surface area contributed by atoms with Gasteiger partial charge < -0.3 is 9.97 Å². The van der Waals surface area contributed by atoms with E-state index in [-0.39, 0.29) is 25.5 Å². The van der Waals surface area contributed by atoms with E-state index in [2.05, 4.69) is 72.3 Å². The molecule has 1 aliphatic carbocycles. The van der Waals surface area contributed by atoms with Crippen molar-refractivity contribution < 1.29 is 20.1 Å². The standard InChI is InChI=1S/C20H16N.C11H8N.Ir/c1-20(2)17-8-4-3-7-15(17)16-11-10-14(13-18(16)20)19-9-5-6-12-21-19;1-2-6-10(7-3-1)11-8-4-5-9-12-11;/h3-9,11-13H,1-2H3;1-6,8-9H;/q2*-1;. The molecule has 0 fully saturated rings. The van der Waals surface area contributed by atoms with E-state index in [9.17, 15) is 0 Å². The Morgan fingerprint density at radius 2 is 1.26 bits per heavy atom. The summed E-state index contributed by atoms with van der Waals surface area (Å²) in [5.41, 5.74) is 9.48. The zero-order valence-electron chi connectivity index (χ0n) is 19.1. The van der Waals surface area contributed by atoms with Crippen LogP contribution in [0.5, 0.6) is 0 Å². The van der Waals surface area contributed by atoms with Crippen molar-refractivity contribution in [3.05, 3.63) is 133 Å². The van der Waals surface area contributed by atoms with Gasteiger partial charge in [-0.25, -0.2) is 0 Å². The molecular weight excluding hydrogens is 593 g/mol. The number of nitrogens with zero attached hydrogens (tertiary/aromatic N) is 2. The molecule has 2 nitrogen and oxygen atoms in total. The number of benzene rings is 3. The summed E-state index contributed by atoms with van der Waals surface area (Å²) in [5.74, 6) is 0. The van der Waals surface area contributed by atoms with Crippen LogP contribution in [0.1, 0.15) is 25.0 Å².